The minimum atomic E-state index is -0.319. The Morgan fingerprint density at radius 3 is 2.84 bits per heavy atom. The summed E-state index contributed by atoms with van der Waals surface area (Å²) in [6.07, 6.45) is 1.72. The van der Waals surface area contributed by atoms with Gasteiger partial charge in [0.2, 0.25) is 11.8 Å². The van der Waals surface area contributed by atoms with Gasteiger partial charge in [0.25, 0.3) is 0 Å². The molecule has 2 amide bonds. The molecule has 2 N–H and O–H groups in total. The number of hydrogen-bond acceptors (Lipinski definition) is 4. The zero-order chi connectivity index (χ0) is 13.7. The van der Waals surface area contributed by atoms with Crippen molar-refractivity contribution in [1.29, 1.82) is 0 Å². The molecule has 6 nitrogen and oxygen atoms in total. The van der Waals surface area contributed by atoms with Gasteiger partial charge in [-0.05, 0) is 17.7 Å². The Hall–Kier alpha value is -2.21. The minimum absolute atomic E-state index is 0.0523. The molecule has 7 heteroatoms. The molecule has 0 spiro atoms. The summed E-state index contributed by atoms with van der Waals surface area (Å²) in [4.78, 5) is 22.3. The molecule has 0 atom stereocenters. The van der Waals surface area contributed by atoms with Crippen LogP contribution in [0.25, 0.3) is 0 Å². The number of rotatable bonds is 4. The molecule has 0 radical (unpaired) electrons. The van der Waals surface area contributed by atoms with E-state index in [1.165, 1.54) is 6.21 Å². The van der Waals surface area contributed by atoms with E-state index in [4.69, 9.17) is 11.6 Å². The fourth-order valence-corrected chi connectivity index (χ4v) is 1.59. The lowest BCUT2D eigenvalue weighted by atomic mass is 10.2. The van der Waals surface area contributed by atoms with E-state index in [1.54, 1.807) is 24.3 Å². The molecule has 0 saturated carbocycles. The van der Waals surface area contributed by atoms with Gasteiger partial charge in [-0.15, -0.1) is 0 Å². The van der Waals surface area contributed by atoms with E-state index < -0.39 is 0 Å². The molecule has 0 aliphatic carbocycles. The molecule has 2 rings (SSSR count). The van der Waals surface area contributed by atoms with Crippen molar-refractivity contribution in [1.82, 2.24) is 10.9 Å². The first-order valence-corrected chi connectivity index (χ1v) is 5.93. The van der Waals surface area contributed by atoms with Crippen LogP contribution in [0.4, 0.5) is 0 Å². The quantitative estimate of drug-likeness (QED) is 0.637. The van der Waals surface area contributed by atoms with Crippen molar-refractivity contribution in [3.63, 3.8) is 0 Å². The standard InChI is InChI=1S/C12H11ClN4O2/c13-9-3-1-8(2-4-9)7-14-16-11(18)5-10-6-12(19)17-15-10/h1-4,7H,5-6H2,(H,16,18)(H,17,19)/b14-7-. The molecule has 1 aromatic carbocycles. The van der Waals surface area contributed by atoms with Crippen LogP contribution in [0.1, 0.15) is 18.4 Å². The van der Waals surface area contributed by atoms with Gasteiger partial charge in [0.05, 0.1) is 24.8 Å². The number of benzene rings is 1. The van der Waals surface area contributed by atoms with Crippen LogP contribution in [0, 0.1) is 0 Å². The van der Waals surface area contributed by atoms with Crippen molar-refractivity contribution in [3.05, 3.63) is 34.9 Å². The topological polar surface area (TPSA) is 82.9 Å². The van der Waals surface area contributed by atoms with Crippen LogP contribution in [-0.2, 0) is 9.59 Å². The second-order valence-corrected chi connectivity index (χ2v) is 4.35. The summed E-state index contributed by atoms with van der Waals surface area (Å²) in [6, 6.07) is 7.02. The first-order chi connectivity index (χ1) is 9.13. The van der Waals surface area contributed by atoms with Crippen LogP contribution in [-0.4, -0.2) is 23.7 Å². The van der Waals surface area contributed by atoms with E-state index in [9.17, 15) is 9.59 Å². The van der Waals surface area contributed by atoms with Gasteiger partial charge >= 0.3 is 0 Å². The maximum atomic E-state index is 11.5. The van der Waals surface area contributed by atoms with Crippen molar-refractivity contribution in [3.8, 4) is 0 Å². The first kappa shape index (κ1) is 13.2. The van der Waals surface area contributed by atoms with Crippen LogP contribution >= 0.6 is 11.6 Å². The van der Waals surface area contributed by atoms with E-state index in [1.807, 2.05) is 0 Å². The van der Waals surface area contributed by atoms with E-state index in [2.05, 4.69) is 21.1 Å². The molecule has 0 bridgehead atoms. The Labute approximate surface area is 114 Å². The van der Waals surface area contributed by atoms with Gasteiger partial charge in [0.1, 0.15) is 0 Å². The Morgan fingerprint density at radius 1 is 1.47 bits per heavy atom. The normalized spacial score (nSPS) is 14.4. The van der Waals surface area contributed by atoms with Crippen LogP contribution in [0.3, 0.4) is 0 Å². The number of carbonyl (C=O) groups excluding carboxylic acids is 2. The molecule has 0 saturated heterocycles. The molecule has 98 valence electrons. The maximum absolute atomic E-state index is 11.5. The summed E-state index contributed by atoms with van der Waals surface area (Å²) in [6.45, 7) is 0. The van der Waals surface area contributed by atoms with Gasteiger partial charge in [-0.1, -0.05) is 23.7 Å². The van der Waals surface area contributed by atoms with Crippen molar-refractivity contribution >= 4 is 35.3 Å². The Kier molecular flexibility index (Phi) is 4.25. The Balaban J connectivity index is 1.80. The predicted molar refractivity (Wildman–Crippen MR) is 72.0 cm³/mol. The third-order valence-corrected chi connectivity index (χ3v) is 2.59. The lowest BCUT2D eigenvalue weighted by molar-refractivity contribution is -0.119. The van der Waals surface area contributed by atoms with E-state index >= 15 is 0 Å². The maximum Gasteiger partial charge on any atom is 0.245 e. The molecule has 1 aliphatic heterocycles. The molecule has 19 heavy (non-hydrogen) atoms. The number of nitrogens with one attached hydrogen (secondary N) is 2. The highest BCUT2D eigenvalue weighted by molar-refractivity contribution is 6.30. The second-order valence-electron chi connectivity index (χ2n) is 3.91. The third kappa shape index (κ3) is 4.18. The van der Waals surface area contributed by atoms with Gasteiger partial charge in [0, 0.05) is 5.02 Å². The molecule has 0 fully saturated rings. The van der Waals surface area contributed by atoms with E-state index in [0.29, 0.717) is 10.7 Å². The van der Waals surface area contributed by atoms with Gasteiger partial charge in [-0.3, -0.25) is 9.59 Å². The van der Waals surface area contributed by atoms with Crippen molar-refractivity contribution in [2.75, 3.05) is 0 Å². The Morgan fingerprint density at radius 2 is 2.21 bits per heavy atom. The largest absolute Gasteiger partial charge is 0.273 e. The number of halogens is 1. The molecular weight excluding hydrogens is 268 g/mol. The fraction of sp³-hybridized carbons (Fsp3) is 0.167. The summed E-state index contributed by atoms with van der Waals surface area (Å²) in [5, 5.41) is 8.16. The second kappa shape index (κ2) is 6.10. The highest BCUT2D eigenvalue weighted by Gasteiger charge is 2.16. The Bertz CT molecular complexity index is 551. The number of amides is 2. The number of hydrogen-bond donors (Lipinski definition) is 2. The molecular formula is C12H11ClN4O2. The average Bonchev–Trinajstić information content (AvgIpc) is 2.77. The molecule has 1 aromatic rings. The van der Waals surface area contributed by atoms with Crippen LogP contribution in [0.15, 0.2) is 34.5 Å². The van der Waals surface area contributed by atoms with E-state index in [0.717, 1.165) is 5.56 Å². The van der Waals surface area contributed by atoms with Crippen LogP contribution in [0.5, 0.6) is 0 Å². The summed E-state index contributed by atoms with van der Waals surface area (Å²) >= 11 is 5.74. The number of hydrazone groups is 2. The van der Waals surface area contributed by atoms with E-state index in [-0.39, 0.29) is 24.7 Å². The smallest absolute Gasteiger partial charge is 0.245 e. The molecule has 1 aliphatic rings. The zero-order valence-electron chi connectivity index (χ0n) is 9.89. The van der Waals surface area contributed by atoms with Gasteiger partial charge in [0.15, 0.2) is 0 Å². The first-order valence-electron chi connectivity index (χ1n) is 5.55. The third-order valence-electron chi connectivity index (χ3n) is 2.34. The minimum Gasteiger partial charge on any atom is -0.273 e. The van der Waals surface area contributed by atoms with Crippen molar-refractivity contribution in [2.45, 2.75) is 12.8 Å². The SMILES string of the molecule is O=C1CC(CC(=O)N/N=C\c2ccc(Cl)cc2)=NN1. The number of nitrogens with zero attached hydrogens (tertiary/aromatic N) is 2. The van der Waals surface area contributed by atoms with Crippen molar-refractivity contribution < 1.29 is 9.59 Å². The highest BCUT2D eigenvalue weighted by Crippen LogP contribution is 2.07. The number of carbonyl (C=O) groups is 2. The predicted octanol–water partition coefficient (Wildman–Crippen LogP) is 1.06. The fourth-order valence-electron chi connectivity index (χ4n) is 1.46. The monoisotopic (exact) mass is 278 g/mol. The van der Waals surface area contributed by atoms with Crippen molar-refractivity contribution in [2.24, 2.45) is 10.2 Å². The van der Waals surface area contributed by atoms with Gasteiger partial charge in [-0.2, -0.15) is 10.2 Å². The lowest BCUT2D eigenvalue weighted by Crippen LogP contribution is -2.20. The molecule has 0 unspecified atom stereocenters. The zero-order valence-corrected chi connectivity index (χ0v) is 10.6. The van der Waals surface area contributed by atoms with Gasteiger partial charge in [-0.25, -0.2) is 10.9 Å². The van der Waals surface area contributed by atoms with Gasteiger partial charge < -0.3 is 0 Å². The summed E-state index contributed by atoms with van der Waals surface area (Å²) in [7, 11) is 0. The summed E-state index contributed by atoms with van der Waals surface area (Å²) in [5.41, 5.74) is 5.97. The average molecular weight is 279 g/mol. The highest BCUT2D eigenvalue weighted by atomic mass is 35.5. The van der Waals surface area contributed by atoms with Crippen LogP contribution < -0.4 is 10.9 Å². The molecule has 0 aromatic heterocycles. The summed E-state index contributed by atoms with van der Waals surface area (Å²) in [5.74, 6) is -0.520. The van der Waals surface area contributed by atoms with Crippen LogP contribution in [0.2, 0.25) is 5.02 Å². The lowest BCUT2D eigenvalue weighted by Gasteiger charge is -1.98. The summed E-state index contributed by atoms with van der Waals surface area (Å²) < 4.78 is 0. The molecule has 1 heterocycles.